The maximum absolute atomic E-state index is 11.6. The van der Waals surface area contributed by atoms with Crippen molar-refractivity contribution < 1.29 is 9.72 Å². The average molecular weight is 256 g/mol. The zero-order valence-electron chi connectivity index (χ0n) is 8.85. The lowest BCUT2D eigenvalue weighted by Gasteiger charge is -2.16. The third kappa shape index (κ3) is 1.96. The molecule has 0 saturated carbocycles. The van der Waals surface area contributed by atoms with Gasteiger partial charge in [-0.15, -0.1) is 0 Å². The molecule has 0 saturated heterocycles. The number of rotatable bonds is 2. The van der Waals surface area contributed by atoms with Gasteiger partial charge in [-0.1, -0.05) is 11.6 Å². The van der Waals surface area contributed by atoms with E-state index in [1.807, 2.05) is 0 Å². The Kier molecular flexibility index (Phi) is 2.99. The Labute approximate surface area is 102 Å². The van der Waals surface area contributed by atoms with Gasteiger partial charge in [-0.25, -0.2) is 0 Å². The van der Waals surface area contributed by atoms with Gasteiger partial charge in [0.2, 0.25) is 5.91 Å². The zero-order chi connectivity index (χ0) is 12.6. The van der Waals surface area contributed by atoms with E-state index in [2.05, 4.69) is 0 Å². The monoisotopic (exact) mass is 255 g/mol. The van der Waals surface area contributed by atoms with Crippen LogP contribution in [0.15, 0.2) is 12.1 Å². The van der Waals surface area contributed by atoms with Crippen molar-refractivity contribution in [3.05, 3.63) is 32.8 Å². The van der Waals surface area contributed by atoms with Gasteiger partial charge in [0.15, 0.2) is 0 Å². The highest BCUT2D eigenvalue weighted by molar-refractivity contribution is 6.31. The molecule has 1 amide bonds. The maximum Gasteiger partial charge on any atom is 0.294 e. The second kappa shape index (κ2) is 4.31. The minimum Gasteiger partial charge on any atom is -0.322 e. The SMILES string of the molecule is NCC(=O)N1CCc2cc(Cl)cc([N+](=O)[O-])c21. The number of nitrogens with two attached hydrogens (primary N) is 1. The number of benzene rings is 1. The smallest absolute Gasteiger partial charge is 0.294 e. The molecule has 1 aromatic carbocycles. The fraction of sp³-hybridized carbons (Fsp3) is 0.300. The Morgan fingerprint density at radius 1 is 1.59 bits per heavy atom. The summed E-state index contributed by atoms with van der Waals surface area (Å²) in [7, 11) is 0. The van der Waals surface area contributed by atoms with Gasteiger partial charge >= 0.3 is 0 Å². The quantitative estimate of drug-likeness (QED) is 0.633. The number of anilines is 1. The van der Waals surface area contributed by atoms with Crippen molar-refractivity contribution in [3.8, 4) is 0 Å². The molecule has 1 aliphatic heterocycles. The molecule has 90 valence electrons. The normalized spacial score (nSPS) is 13.6. The maximum atomic E-state index is 11.6. The van der Waals surface area contributed by atoms with Crippen molar-refractivity contribution in [2.45, 2.75) is 6.42 Å². The summed E-state index contributed by atoms with van der Waals surface area (Å²) in [4.78, 5) is 23.3. The van der Waals surface area contributed by atoms with Gasteiger partial charge < -0.3 is 10.6 Å². The van der Waals surface area contributed by atoms with Crippen LogP contribution in [-0.2, 0) is 11.2 Å². The van der Waals surface area contributed by atoms with E-state index in [4.69, 9.17) is 17.3 Å². The minimum atomic E-state index is -0.535. The summed E-state index contributed by atoms with van der Waals surface area (Å²) in [5.41, 5.74) is 6.17. The van der Waals surface area contributed by atoms with Gasteiger partial charge in [0.05, 0.1) is 11.5 Å². The average Bonchev–Trinajstić information content (AvgIpc) is 2.70. The molecule has 7 heteroatoms. The first kappa shape index (κ1) is 11.8. The summed E-state index contributed by atoms with van der Waals surface area (Å²) in [6, 6.07) is 2.90. The van der Waals surface area contributed by atoms with Crippen molar-refractivity contribution in [3.63, 3.8) is 0 Å². The number of fused-ring (bicyclic) bond motifs is 1. The predicted molar refractivity (Wildman–Crippen MR) is 63.2 cm³/mol. The lowest BCUT2D eigenvalue weighted by atomic mass is 10.1. The van der Waals surface area contributed by atoms with Gasteiger partial charge in [0, 0.05) is 17.6 Å². The Morgan fingerprint density at radius 3 is 2.88 bits per heavy atom. The molecule has 0 atom stereocenters. The number of carbonyl (C=O) groups excluding carboxylic acids is 1. The van der Waals surface area contributed by atoms with Gasteiger partial charge in [-0.3, -0.25) is 14.9 Å². The lowest BCUT2D eigenvalue weighted by Crippen LogP contribution is -2.34. The molecular formula is C10H10ClN3O3. The first-order valence-electron chi connectivity index (χ1n) is 5.02. The third-order valence-corrected chi connectivity index (χ3v) is 2.90. The van der Waals surface area contributed by atoms with Gasteiger partial charge in [0.25, 0.3) is 5.69 Å². The van der Waals surface area contributed by atoms with Crippen molar-refractivity contribution in [2.75, 3.05) is 18.0 Å². The molecule has 1 aromatic rings. The summed E-state index contributed by atoms with van der Waals surface area (Å²) < 4.78 is 0. The van der Waals surface area contributed by atoms with E-state index < -0.39 is 4.92 Å². The number of hydrogen-bond acceptors (Lipinski definition) is 4. The van der Waals surface area contributed by atoms with Crippen LogP contribution in [-0.4, -0.2) is 23.9 Å². The van der Waals surface area contributed by atoms with Crippen LogP contribution < -0.4 is 10.6 Å². The fourth-order valence-electron chi connectivity index (χ4n) is 1.98. The third-order valence-electron chi connectivity index (χ3n) is 2.68. The number of amides is 1. The summed E-state index contributed by atoms with van der Waals surface area (Å²) in [6.45, 7) is 0.242. The van der Waals surface area contributed by atoms with E-state index in [9.17, 15) is 14.9 Å². The van der Waals surface area contributed by atoms with E-state index >= 15 is 0 Å². The summed E-state index contributed by atoms with van der Waals surface area (Å²) in [5, 5.41) is 11.3. The van der Waals surface area contributed by atoms with Gasteiger partial charge in [-0.05, 0) is 18.1 Å². The lowest BCUT2D eigenvalue weighted by molar-refractivity contribution is -0.384. The number of nitrogens with zero attached hydrogens (tertiary/aromatic N) is 2. The summed E-state index contributed by atoms with van der Waals surface area (Å²) >= 11 is 5.80. The van der Waals surface area contributed by atoms with Crippen molar-refractivity contribution in [1.82, 2.24) is 0 Å². The largest absolute Gasteiger partial charge is 0.322 e. The standard InChI is InChI=1S/C10H10ClN3O3/c11-7-3-6-1-2-13(9(15)5-12)10(6)8(4-7)14(16)17/h3-4H,1-2,5,12H2. The van der Waals surface area contributed by atoms with E-state index in [0.717, 1.165) is 0 Å². The molecule has 0 fully saturated rings. The van der Waals surface area contributed by atoms with E-state index in [1.165, 1.54) is 11.0 Å². The highest BCUT2D eigenvalue weighted by Gasteiger charge is 2.32. The van der Waals surface area contributed by atoms with Crippen molar-refractivity contribution in [2.24, 2.45) is 5.73 Å². The topological polar surface area (TPSA) is 89.5 Å². The predicted octanol–water partition coefficient (Wildman–Crippen LogP) is 1.10. The van der Waals surface area contributed by atoms with Crippen LogP contribution in [0.1, 0.15) is 5.56 Å². The van der Waals surface area contributed by atoms with Gasteiger partial charge in [0.1, 0.15) is 5.69 Å². The molecule has 2 N–H and O–H groups in total. The number of carbonyl (C=O) groups is 1. The Bertz CT molecular complexity index is 504. The molecule has 0 aliphatic carbocycles. The molecule has 2 rings (SSSR count). The number of hydrogen-bond donors (Lipinski definition) is 1. The van der Waals surface area contributed by atoms with Crippen LogP contribution in [0.25, 0.3) is 0 Å². The Balaban J connectivity index is 2.57. The Morgan fingerprint density at radius 2 is 2.29 bits per heavy atom. The Hall–Kier alpha value is -1.66. The van der Waals surface area contributed by atoms with Gasteiger partial charge in [-0.2, -0.15) is 0 Å². The minimum absolute atomic E-state index is 0.146. The first-order valence-corrected chi connectivity index (χ1v) is 5.39. The van der Waals surface area contributed by atoms with Crippen LogP contribution in [0.5, 0.6) is 0 Å². The summed E-state index contributed by atoms with van der Waals surface area (Å²) in [5.74, 6) is -0.325. The molecular weight excluding hydrogens is 246 g/mol. The molecule has 0 aromatic heterocycles. The molecule has 1 heterocycles. The van der Waals surface area contributed by atoms with E-state index in [0.29, 0.717) is 29.2 Å². The van der Waals surface area contributed by atoms with Crippen LogP contribution in [0.2, 0.25) is 5.02 Å². The van der Waals surface area contributed by atoms with E-state index in [-0.39, 0.29) is 18.1 Å². The molecule has 0 bridgehead atoms. The number of halogens is 1. The highest BCUT2D eigenvalue weighted by Crippen LogP contribution is 2.39. The van der Waals surface area contributed by atoms with E-state index in [1.54, 1.807) is 6.07 Å². The van der Waals surface area contributed by atoms with Crippen LogP contribution in [0, 0.1) is 10.1 Å². The second-order valence-electron chi connectivity index (χ2n) is 3.69. The fourth-order valence-corrected chi connectivity index (χ4v) is 2.22. The molecule has 17 heavy (non-hydrogen) atoms. The molecule has 0 unspecified atom stereocenters. The molecule has 0 radical (unpaired) electrons. The first-order chi connectivity index (χ1) is 8.04. The zero-order valence-corrected chi connectivity index (χ0v) is 9.61. The second-order valence-corrected chi connectivity index (χ2v) is 4.13. The molecule has 1 aliphatic rings. The summed E-state index contributed by atoms with van der Waals surface area (Å²) in [6.07, 6.45) is 0.558. The number of nitro benzene ring substituents is 1. The number of nitro groups is 1. The van der Waals surface area contributed by atoms with Crippen molar-refractivity contribution in [1.29, 1.82) is 0 Å². The highest BCUT2D eigenvalue weighted by atomic mass is 35.5. The molecule has 6 nitrogen and oxygen atoms in total. The van der Waals surface area contributed by atoms with Crippen LogP contribution >= 0.6 is 11.6 Å². The van der Waals surface area contributed by atoms with Crippen LogP contribution in [0.4, 0.5) is 11.4 Å². The van der Waals surface area contributed by atoms with Crippen molar-refractivity contribution >= 4 is 28.9 Å². The molecule has 0 spiro atoms. The van der Waals surface area contributed by atoms with Crippen LogP contribution in [0.3, 0.4) is 0 Å².